The van der Waals surface area contributed by atoms with E-state index in [1.165, 1.54) is 0 Å². The smallest absolute Gasteiger partial charge is 0.308 e. The Morgan fingerprint density at radius 1 is 1.18 bits per heavy atom. The number of rotatable bonds is 3. The molecule has 0 bridgehead atoms. The summed E-state index contributed by atoms with van der Waals surface area (Å²) in [5, 5.41) is 0. The minimum atomic E-state index is -0.874. The molecule has 0 unspecified atom stereocenters. The third-order valence-corrected chi connectivity index (χ3v) is 5.22. The summed E-state index contributed by atoms with van der Waals surface area (Å²) in [5.41, 5.74) is -0.342. The van der Waals surface area contributed by atoms with E-state index in [0.717, 1.165) is 11.3 Å². The summed E-state index contributed by atoms with van der Waals surface area (Å²) in [7, 11) is 1.62. The van der Waals surface area contributed by atoms with Crippen LogP contribution in [0.3, 0.4) is 0 Å². The van der Waals surface area contributed by atoms with Crippen molar-refractivity contribution in [3.8, 4) is 5.75 Å². The van der Waals surface area contributed by atoms with E-state index >= 15 is 0 Å². The molecule has 5 heteroatoms. The molecule has 2 heterocycles. The van der Waals surface area contributed by atoms with Crippen molar-refractivity contribution < 1.29 is 19.1 Å². The Morgan fingerprint density at radius 2 is 1.82 bits per heavy atom. The van der Waals surface area contributed by atoms with Crippen molar-refractivity contribution in [1.29, 1.82) is 0 Å². The first-order valence-electron chi connectivity index (χ1n) is 7.49. The number of hydrogen-bond acceptors (Lipinski definition) is 4. The summed E-state index contributed by atoms with van der Waals surface area (Å²) in [6.45, 7) is 5.77. The Morgan fingerprint density at radius 3 is 2.41 bits per heavy atom. The van der Waals surface area contributed by atoms with Crippen LogP contribution in [0.1, 0.15) is 45.2 Å². The molecule has 5 nitrogen and oxygen atoms in total. The summed E-state index contributed by atoms with van der Waals surface area (Å²) < 4.78 is 10.8. The van der Waals surface area contributed by atoms with E-state index in [0.29, 0.717) is 12.8 Å². The number of benzene rings is 1. The molecule has 3 atom stereocenters. The van der Waals surface area contributed by atoms with Gasteiger partial charge < -0.3 is 9.47 Å². The molecular weight excluding hydrogens is 282 g/mol. The van der Waals surface area contributed by atoms with E-state index in [9.17, 15) is 9.59 Å². The van der Waals surface area contributed by atoms with Gasteiger partial charge in [0.2, 0.25) is 5.91 Å². The normalized spacial score (nSPS) is 31.9. The van der Waals surface area contributed by atoms with Crippen molar-refractivity contribution >= 4 is 11.9 Å². The molecule has 0 aromatic heterocycles. The molecule has 3 rings (SSSR count). The minimum absolute atomic E-state index is 0.0285. The highest BCUT2D eigenvalue weighted by molar-refractivity contribution is 5.86. The summed E-state index contributed by atoms with van der Waals surface area (Å²) >= 11 is 0. The maximum atomic E-state index is 12.6. The van der Waals surface area contributed by atoms with E-state index in [-0.39, 0.29) is 17.9 Å². The quantitative estimate of drug-likeness (QED) is 0.806. The topological polar surface area (TPSA) is 55.8 Å². The average Bonchev–Trinajstić information content (AvgIpc) is 2.78. The maximum Gasteiger partial charge on any atom is 0.308 e. The monoisotopic (exact) mass is 303 g/mol. The van der Waals surface area contributed by atoms with Gasteiger partial charge in [0.1, 0.15) is 5.75 Å². The van der Waals surface area contributed by atoms with Crippen LogP contribution in [0, 0.1) is 5.41 Å². The molecule has 2 aliphatic rings. The van der Waals surface area contributed by atoms with Crippen LogP contribution < -0.4 is 4.74 Å². The van der Waals surface area contributed by atoms with Gasteiger partial charge in [0.25, 0.3) is 0 Å². The van der Waals surface area contributed by atoms with Gasteiger partial charge in [0.15, 0.2) is 5.72 Å². The summed E-state index contributed by atoms with van der Waals surface area (Å²) in [6.07, 6.45) is 0.636. The zero-order valence-electron chi connectivity index (χ0n) is 13.4. The lowest BCUT2D eigenvalue weighted by molar-refractivity contribution is -0.176. The van der Waals surface area contributed by atoms with E-state index in [2.05, 4.69) is 0 Å². The molecule has 0 spiro atoms. The fourth-order valence-electron chi connectivity index (χ4n) is 3.70. The molecule has 22 heavy (non-hydrogen) atoms. The van der Waals surface area contributed by atoms with Gasteiger partial charge in [-0.15, -0.1) is 0 Å². The van der Waals surface area contributed by atoms with E-state index in [1.54, 1.807) is 12.0 Å². The SMILES string of the molecule is COc1ccc([C@H](C)N2C(=O)C[C@]3(C)CC(=O)O[C@]23C)cc1. The molecule has 2 aliphatic heterocycles. The highest BCUT2D eigenvalue weighted by atomic mass is 16.6. The third kappa shape index (κ3) is 1.91. The Bertz CT molecular complexity index is 626. The minimum Gasteiger partial charge on any atom is -0.497 e. The first kappa shape index (κ1) is 14.9. The predicted molar refractivity (Wildman–Crippen MR) is 80.1 cm³/mol. The average molecular weight is 303 g/mol. The van der Waals surface area contributed by atoms with Gasteiger partial charge in [0, 0.05) is 11.8 Å². The molecule has 1 amide bonds. The number of esters is 1. The van der Waals surface area contributed by atoms with Gasteiger partial charge in [-0.05, 0) is 31.5 Å². The van der Waals surface area contributed by atoms with Gasteiger partial charge in [-0.3, -0.25) is 14.5 Å². The molecule has 1 aromatic rings. The van der Waals surface area contributed by atoms with Crippen molar-refractivity contribution in [2.45, 2.75) is 45.4 Å². The fourth-order valence-corrected chi connectivity index (χ4v) is 3.70. The van der Waals surface area contributed by atoms with Crippen molar-refractivity contribution in [3.63, 3.8) is 0 Å². The summed E-state index contributed by atoms with van der Waals surface area (Å²) in [4.78, 5) is 26.1. The largest absolute Gasteiger partial charge is 0.497 e. The molecule has 2 saturated heterocycles. The standard InChI is InChI=1S/C17H21NO4/c1-11(12-5-7-13(21-4)8-6-12)18-14(19)9-16(2)10-15(20)22-17(16,18)3/h5-8,11H,9-10H2,1-4H3/t11-,16+,17-/m0/s1. The maximum absolute atomic E-state index is 12.6. The lowest BCUT2D eigenvalue weighted by atomic mass is 9.79. The number of carbonyl (C=O) groups is 2. The Labute approximate surface area is 130 Å². The zero-order chi connectivity index (χ0) is 16.1. The molecule has 2 fully saturated rings. The van der Waals surface area contributed by atoms with Crippen molar-refractivity contribution in [3.05, 3.63) is 29.8 Å². The number of fused-ring (bicyclic) bond motifs is 1. The van der Waals surface area contributed by atoms with Crippen LogP contribution in [0.25, 0.3) is 0 Å². The second-order valence-corrected chi connectivity index (χ2v) is 6.58. The number of methoxy groups -OCH3 is 1. The lowest BCUT2D eigenvalue weighted by Gasteiger charge is -2.41. The van der Waals surface area contributed by atoms with Crippen LogP contribution in [0.4, 0.5) is 0 Å². The molecule has 1 aromatic carbocycles. The van der Waals surface area contributed by atoms with E-state index in [1.807, 2.05) is 45.0 Å². The number of nitrogens with zero attached hydrogens (tertiary/aromatic N) is 1. The van der Waals surface area contributed by atoms with Gasteiger partial charge in [-0.2, -0.15) is 0 Å². The van der Waals surface area contributed by atoms with Crippen LogP contribution in [-0.2, 0) is 14.3 Å². The fraction of sp³-hybridized carbons (Fsp3) is 0.529. The van der Waals surface area contributed by atoms with Crippen LogP contribution in [0.2, 0.25) is 0 Å². The number of likely N-dealkylation sites (tertiary alicyclic amines) is 1. The highest BCUT2D eigenvalue weighted by Gasteiger charge is 2.66. The second kappa shape index (κ2) is 4.73. The molecule has 0 saturated carbocycles. The third-order valence-electron chi connectivity index (χ3n) is 5.22. The molecule has 118 valence electrons. The van der Waals surface area contributed by atoms with E-state index in [4.69, 9.17) is 9.47 Å². The highest BCUT2D eigenvalue weighted by Crippen LogP contribution is 2.56. The van der Waals surface area contributed by atoms with Crippen LogP contribution in [0.5, 0.6) is 5.75 Å². The number of amides is 1. The number of hydrogen-bond donors (Lipinski definition) is 0. The first-order chi connectivity index (χ1) is 10.3. The number of ether oxygens (including phenoxy) is 2. The summed E-state index contributed by atoms with van der Waals surface area (Å²) in [6, 6.07) is 7.44. The Hall–Kier alpha value is -2.04. The Kier molecular flexibility index (Phi) is 3.20. The lowest BCUT2D eigenvalue weighted by Crippen LogP contribution is -2.50. The van der Waals surface area contributed by atoms with Gasteiger partial charge in [-0.1, -0.05) is 19.1 Å². The van der Waals surface area contributed by atoms with Crippen molar-refractivity contribution in [1.82, 2.24) is 4.90 Å². The second-order valence-electron chi connectivity index (χ2n) is 6.58. The van der Waals surface area contributed by atoms with Gasteiger partial charge in [0.05, 0.1) is 19.6 Å². The molecular formula is C17H21NO4. The first-order valence-corrected chi connectivity index (χ1v) is 7.49. The van der Waals surface area contributed by atoms with Crippen molar-refractivity contribution in [2.24, 2.45) is 5.41 Å². The Balaban J connectivity index is 1.95. The van der Waals surface area contributed by atoms with Crippen LogP contribution in [0.15, 0.2) is 24.3 Å². The van der Waals surface area contributed by atoms with Gasteiger partial charge in [-0.25, -0.2) is 0 Å². The predicted octanol–water partition coefficient (Wildman–Crippen LogP) is 2.66. The van der Waals surface area contributed by atoms with Crippen molar-refractivity contribution in [2.75, 3.05) is 7.11 Å². The molecule has 0 aliphatic carbocycles. The van der Waals surface area contributed by atoms with E-state index < -0.39 is 11.1 Å². The van der Waals surface area contributed by atoms with Crippen LogP contribution in [-0.4, -0.2) is 29.6 Å². The van der Waals surface area contributed by atoms with Crippen LogP contribution >= 0.6 is 0 Å². The zero-order valence-corrected chi connectivity index (χ0v) is 13.4. The number of carbonyl (C=O) groups excluding carboxylic acids is 2. The molecule has 0 radical (unpaired) electrons. The van der Waals surface area contributed by atoms with Gasteiger partial charge >= 0.3 is 5.97 Å². The summed E-state index contributed by atoms with van der Waals surface area (Å²) in [5.74, 6) is 0.567. The molecule has 0 N–H and O–H groups in total.